The number of anilines is 1. The highest BCUT2D eigenvalue weighted by Gasteiger charge is 2.54. The Morgan fingerprint density at radius 3 is 2.59 bits per heavy atom. The number of carboxylic acid groups (broad SMARTS) is 1. The number of aliphatic hydroxyl groups is 1. The van der Waals surface area contributed by atoms with E-state index in [9.17, 15) is 29.4 Å². The second-order valence-electron chi connectivity index (χ2n) is 9.35. The van der Waals surface area contributed by atoms with Crippen LogP contribution in [0.2, 0.25) is 0 Å². The summed E-state index contributed by atoms with van der Waals surface area (Å²) in [6.45, 7) is 5.06. The lowest BCUT2D eigenvalue weighted by Gasteiger charge is -2.49. The quantitative estimate of drug-likeness (QED) is 0.173. The Labute approximate surface area is 248 Å². The minimum absolute atomic E-state index is 0.0306. The number of fused-ring (bicyclic) bond motifs is 1. The van der Waals surface area contributed by atoms with Gasteiger partial charge in [-0.05, 0) is 53.7 Å². The molecule has 41 heavy (non-hydrogen) atoms. The molecule has 0 saturated carbocycles. The number of benzene rings is 1. The van der Waals surface area contributed by atoms with E-state index in [1.54, 1.807) is 0 Å². The van der Waals surface area contributed by atoms with Crippen molar-refractivity contribution in [1.82, 2.24) is 15.2 Å². The maximum Gasteiger partial charge on any atom is 0.352 e. The Hall–Kier alpha value is -3.40. The Balaban J connectivity index is 1.61. The molecule has 0 spiro atoms. The standard InChI is InChI=1S/C26H29N5O7S3/c1-11-14(7-32)5-15(8-39-13(3)33)12(2)17(11)6-16-9-40-24-20(23(35)31(24)21(16)25(36)37)29-22(34)19(30-38-4)18-10-41-26(27)28-18/h5,10,20,24,32H,6-9H2,1-4H3,(H2,27,28)(H,29,34)(H,36,37). The van der Waals surface area contributed by atoms with Crippen LogP contribution in [0.4, 0.5) is 5.13 Å². The monoisotopic (exact) mass is 619 g/mol. The minimum Gasteiger partial charge on any atom is -0.477 e. The topological polar surface area (TPSA) is 185 Å². The molecule has 2 amide bonds. The van der Waals surface area contributed by atoms with E-state index in [-0.39, 0.29) is 40.4 Å². The van der Waals surface area contributed by atoms with Crippen LogP contribution in [0.3, 0.4) is 0 Å². The SMILES string of the molecule is CON=C(C(=O)NC1C(=O)N2C(C(=O)O)=C(Cc3c(C)c(CO)cc(CSC(C)=O)c3C)CSC12)c1csc(N)n1. The smallest absolute Gasteiger partial charge is 0.352 e. The fraction of sp³-hybridized carbons (Fsp3) is 0.385. The number of aliphatic hydroxyl groups excluding tert-OH is 1. The lowest BCUT2D eigenvalue weighted by Crippen LogP contribution is -2.71. The average molecular weight is 620 g/mol. The Bertz CT molecular complexity index is 1490. The van der Waals surface area contributed by atoms with Gasteiger partial charge in [0.1, 0.15) is 29.9 Å². The summed E-state index contributed by atoms with van der Waals surface area (Å²) in [4.78, 5) is 60.3. The lowest BCUT2D eigenvalue weighted by atomic mass is 9.89. The molecule has 2 aliphatic heterocycles. The van der Waals surface area contributed by atoms with Crippen LogP contribution >= 0.6 is 34.9 Å². The molecule has 1 aromatic heterocycles. The second kappa shape index (κ2) is 12.6. The molecular formula is C26H29N5O7S3. The number of aromatic nitrogens is 1. The van der Waals surface area contributed by atoms with Gasteiger partial charge < -0.3 is 26.1 Å². The molecule has 3 heterocycles. The van der Waals surface area contributed by atoms with E-state index in [2.05, 4.69) is 15.5 Å². The van der Waals surface area contributed by atoms with Crippen molar-refractivity contribution >= 4 is 68.6 Å². The fourth-order valence-electron chi connectivity index (χ4n) is 4.79. The highest BCUT2D eigenvalue weighted by Crippen LogP contribution is 2.42. The highest BCUT2D eigenvalue weighted by molar-refractivity contribution is 8.12. The first-order chi connectivity index (χ1) is 19.5. The number of aliphatic carboxylic acids is 1. The molecule has 218 valence electrons. The zero-order valence-electron chi connectivity index (χ0n) is 22.7. The van der Waals surface area contributed by atoms with Crippen molar-refractivity contribution in [2.75, 3.05) is 18.6 Å². The molecule has 12 nitrogen and oxygen atoms in total. The molecule has 2 atom stereocenters. The van der Waals surface area contributed by atoms with Gasteiger partial charge in [0, 0.05) is 23.8 Å². The number of nitrogens with zero attached hydrogens (tertiary/aromatic N) is 3. The zero-order chi connectivity index (χ0) is 30.0. The number of β-lactam (4-membered cyclic amide) rings is 1. The largest absolute Gasteiger partial charge is 0.477 e. The van der Waals surface area contributed by atoms with E-state index < -0.39 is 29.2 Å². The van der Waals surface area contributed by atoms with E-state index >= 15 is 0 Å². The number of rotatable bonds is 10. The Morgan fingerprint density at radius 2 is 2.00 bits per heavy atom. The van der Waals surface area contributed by atoms with Crippen LogP contribution in [0.25, 0.3) is 0 Å². The van der Waals surface area contributed by atoms with Crippen LogP contribution in [0.15, 0.2) is 27.9 Å². The van der Waals surface area contributed by atoms with Gasteiger partial charge in [-0.2, -0.15) is 0 Å². The van der Waals surface area contributed by atoms with Crippen molar-refractivity contribution in [1.29, 1.82) is 0 Å². The van der Waals surface area contributed by atoms with Gasteiger partial charge in [0.15, 0.2) is 16.0 Å². The number of carboxylic acids is 1. The van der Waals surface area contributed by atoms with Gasteiger partial charge in [-0.15, -0.1) is 23.1 Å². The highest BCUT2D eigenvalue weighted by atomic mass is 32.2. The number of thioether (sulfide) groups is 2. The summed E-state index contributed by atoms with van der Waals surface area (Å²) in [6, 6.07) is 0.896. The maximum absolute atomic E-state index is 13.2. The molecule has 0 aliphatic carbocycles. The lowest BCUT2D eigenvalue weighted by molar-refractivity contribution is -0.150. The van der Waals surface area contributed by atoms with Crippen molar-refractivity contribution < 1.29 is 34.2 Å². The molecule has 2 aliphatic rings. The predicted octanol–water partition coefficient (Wildman–Crippen LogP) is 1.95. The molecule has 1 fully saturated rings. The molecule has 15 heteroatoms. The molecule has 0 radical (unpaired) electrons. The third-order valence-electron chi connectivity index (χ3n) is 6.91. The van der Waals surface area contributed by atoms with Crippen LogP contribution in [-0.2, 0) is 42.8 Å². The van der Waals surface area contributed by atoms with E-state index in [1.807, 2.05) is 19.9 Å². The predicted molar refractivity (Wildman–Crippen MR) is 157 cm³/mol. The average Bonchev–Trinajstić information content (AvgIpc) is 3.36. The molecule has 1 aromatic carbocycles. The maximum atomic E-state index is 13.2. The summed E-state index contributed by atoms with van der Waals surface area (Å²) in [5.74, 6) is -1.77. The van der Waals surface area contributed by atoms with Crippen LogP contribution in [0.1, 0.15) is 40.4 Å². The van der Waals surface area contributed by atoms with Gasteiger partial charge in [0.2, 0.25) is 0 Å². The first-order valence-electron chi connectivity index (χ1n) is 12.4. The third-order valence-corrected chi connectivity index (χ3v) is 9.78. The zero-order valence-corrected chi connectivity index (χ0v) is 25.2. The van der Waals surface area contributed by atoms with Crippen LogP contribution < -0.4 is 11.1 Å². The number of oxime groups is 1. The molecule has 5 N–H and O–H groups in total. The molecule has 0 bridgehead atoms. The Morgan fingerprint density at radius 1 is 1.29 bits per heavy atom. The Kier molecular flexibility index (Phi) is 9.41. The molecule has 1 saturated heterocycles. The van der Waals surface area contributed by atoms with E-state index in [0.29, 0.717) is 22.6 Å². The summed E-state index contributed by atoms with van der Waals surface area (Å²) in [5, 5.41) is 27.6. The van der Waals surface area contributed by atoms with Crippen molar-refractivity contribution in [3.63, 3.8) is 0 Å². The van der Waals surface area contributed by atoms with Crippen molar-refractivity contribution in [2.45, 2.75) is 51.0 Å². The number of carbonyl (C=O) groups excluding carboxylic acids is 3. The number of hydrogen-bond donors (Lipinski definition) is 4. The van der Waals surface area contributed by atoms with Crippen LogP contribution in [-0.4, -0.2) is 73.0 Å². The molecular weight excluding hydrogens is 591 g/mol. The first-order valence-corrected chi connectivity index (χ1v) is 15.3. The van der Waals surface area contributed by atoms with Gasteiger partial charge in [0.25, 0.3) is 11.8 Å². The van der Waals surface area contributed by atoms with E-state index in [4.69, 9.17) is 10.6 Å². The number of nitrogen functional groups attached to an aromatic ring is 1. The van der Waals surface area contributed by atoms with Crippen molar-refractivity contribution in [2.24, 2.45) is 5.16 Å². The van der Waals surface area contributed by atoms with Gasteiger partial charge in [-0.1, -0.05) is 23.0 Å². The minimum atomic E-state index is -1.25. The number of nitrogens with one attached hydrogen (secondary N) is 1. The van der Waals surface area contributed by atoms with Crippen LogP contribution in [0, 0.1) is 13.8 Å². The first kappa shape index (κ1) is 30.6. The number of hydrogen-bond acceptors (Lipinski definition) is 12. The summed E-state index contributed by atoms with van der Waals surface area (Å²) in [6.07, 6.45) is 0.251. The molecule has 2 aromatic rings. The normalized spacial score (nSPS) is 18.6. The summed E-state index contributed by atoms with van der Waals surface area (Å²) in [7, 11) is 1.27. The fourth-order valence-corrected chi connectivity index (χ4v) is 7.34. The number of carbonyl (C=O) groups is 4. The van der Waals surface area contributed by atoms with Crippen molar-refractivity contribution in [3.8, 4) is 0 Å². The third kappa shape index (κ3) is 6.12. The van der Waals surface area contributed by atoms with E-state index in [1.165, 1.54) is 36.1 Å². The molecule has 2 unspecified atom stereocenters. The van der Waals surface area contributed by atoms with Gasteiger partial charge in [-0.25, -0.2) is 9.78 Å². The van der Waals surface area contributed by atoms with Gasteiger partial charge >= 0.3 is 5.97 Å². The summed E-state index contributed by atoms with van der Waals surface area (Å²) in [5.41, 5.74) is 10.3. The van der Waals surface area contributed by atoms with E-state index in [0.717, 1.165) is 45.4 Å². The van der Waals surface area contributed by atoms with Crippen molar-refractivity contribution in [3.05, 3.63) is 56.2 Å². The summed E-state index contributed by atoms with van der Waals surface area (Å²) >= 11 is 3.62. The van der Waals surface area contributed by atoms with Gasteiger partial charge in [0.05, 0.1) is 6.61 Å². The van der Waals surface area contributed by atoms with Crippen LogP contribution in [0.5, 0.6) is 0 Å². The number of thiazole rings is 1. The number of amides is 2. The number of nitrogens with two attached hydrogens (primary N) is 1. The second-order valence-corrected chi connectivity index (χ2v) is 12.5. The van der Waals surface area contributed by atoms with Gasteiger partial charge in [-0.3, -0.25) is 19.3 Å². The molecule has 4 rings (SSSR count). The summed E-state index contributed by atoms with van der Waals surface area (Å²) < 4.78 is 0.